The Bertz CT molecular complexity index is 2900. The zero-order valence-corrected chi connectivity index (χ0v) is 34.1. The predicted molar refractivity (Wildman–Crippen MR) is 255 cm³/mol. The van der Waals surface area contributed by atoms with Gasteiger partial charge in [-0.3, -0.25) is 0 Å². The fourth-order valence-electron chi connectivity index (χ4n) is 8.84. The number of aliphatic imine (C=N–C) groups is 1. The molecule has 10 rings (SSSR count). The van der Waals surface area contributed by atoms with E-state index in [0.717, 1.165) is 56.2 Å². The topological polar surface area (TPSA) is 27.6 Å². The molecule has 3 nitrogen and oxygen atoms in total. The van der Waals surface area contributed by atoms with Crippen LogP contribution in [-0.4, -0.2) is 17.8 Å². The summed E-state index contributed by atoms with van der Waals surface area (Å²) in [6.45, 7) is 0. The van der Waals surface area contributed by atoms with Crippen LogP contribution in [0.15, 0.2) is 242 Å². The molecule has 0 aliphatic carbocycles. The fraction of sp³-hybridized carbons (Fsp3) is 0.0517. The molecule has 0 saturated heterocycles. The van der Waals surface area contributed by atoms with Gasteiger partial charge in [0, 0.05) is 18.2 Å². The summed E-state index contributed by atoms with van der Waals surface area (Å²) in [6.07, 6.45) is 2.29. The Morgan fingerprint density at radius 1 is 0.393 bits per heavy atom. The molecule has 1 N–H and O–H groups in total. The monoisotopic (exact) mass is 783 g/mol. The minimum atomic E-state index is -0.104. The van der Waals surface area contributed by atoms with Crippen LogP contribution in [0, 0.1) is 0 Å². The van der Waals surface area contributed by atoms with Gasteiger partial charge in [-0.25, -0.2) is 4.99 Å². The van der Waals surface area contributed by atoms with Crippen LogP contribution in [0.3, 0.4) is 0 Å². The quantitative estimate of drug-likeness (QED) is 0.158. The Morgan fingerprint density at radius 3 is 1.48 bits per heavy atom. The highest BCUT2D eigenvalue weighted by atomic mass is 15.2. The van der Waals surface area contributed by atoms with Crippen molar-refractivity contribution in [1.29, 1.82) is 0 Å². The van der Waals surface area contributed by atoms with Gasteiger partial charge in [0.2, 0.25) is 0 Å². The van der Waals surface area contributed by atoms with Gasteiger partial charge in [-0.15, -0.1) is 0 Å². The third-order valence-corrected chi connectivity index (χ3v) is 11.8. The lowest BCUT2D eigenvalue weighted by Crippen LogP contribution is -2.33. The standard InChI is InChI=1S/C58H45N3/c1-61-52(43-21-8-2-9-22-43)40-51(59-58(61)48-31-18-7-19-32-48)42-37-35-41(36-38-42)49-33-20-34-50(39-49)53-54(44-23-10-3-11-24-44)56(46-27-14-5-15-28-46)60-57(47-29-16-6-17-30-47)55(53)45-25-12-4-13-26-45/h2-40,52,56,60H,1H3. The lowest BCUT2D eigenvalue weighted by Gasteiger charge is -2.36. The Labute approximate surface area is 359 Å². The van der Waals surface area contributed by atoms with E-state index in [1.807, 2.05) is 0 Å². The number of amidine groups is 1. The molecular formula is C58H45N3. The molecule has 2 aliphatic rings. The molecule has 2 heterocycles. The van der Waals surface area contributed by atoms with Crippen molar-refractivity contribution in [2.45, 2.75) is 12.1 Å². The first-order valence-corrected chi connectivity index (χ1v) is 21.0. The number of nitrogens with zero attached hydrogens (tertiary/aromatic N) is 2. The summed E-state index contributed by atoms with van der Waals surface area (Å²) in [5.41, 5.74) is 17.3. The highest BCUT2D eigenvalue weighted by Crippen LogP contribution is 2.50. The van der Waals surface area contributed by atoms with Crippen molar-refractivity contribution < 1.29 is 0 Å². The molecule has 0 radical (unpaired) electrons. The van der Waals surface area contributed by atoms with E-state index in [9.17, 15) is 0 Å². The molecule has 8 aromatic rings. The summed E-state index contributed by atoms with van der Waals surface area (Å²) in [6, 6.07) is 82.5. The van der Waals surface area contributed by atoms with E-state index in [0.29, 0.717) is 0 Å². The molecule has 292 valence electrons. The number of hydrogen-bond acceptors (Lipinski definition) is 3. The SMILES string of the molecule is CN1C(c2ccccc2)=NC(c2ccc(-c3cccc(C4=C(c5ccccc5)C(c5ccccc5)NC(c5ccccc5)=C4c4ccccc4)c3)cc2)=CC1c1ccccc1. The van der Waals surface area contributed by atoms with Crippen molar-refractivity contribution in [3.63, 3.8) is 0 Å². The molecule has 0 aromatic heterocycles. The van der Waals surface area contributed by atoms with E-state index >= 15 is 0 Å². The predicted octanol–water partition coefficient (Wildman–Crippen LogP) is 13.7. The second-order valence-corrected chi connectivity index (χ2v) is 15.6. The van der Waals surface area contributed by atoms with Crippen molar-refractivity contribution in [2.24, 2.45) is 4.99 Å². The van der Waals surface area contributed by atoms with E-state index in [4.69, 9.17) is 4.99 Å². The molecule has 0 saturated carbocycles. The highest BCUT2D eigenvalue weighted by molar-refractivity contribution is 6.24. The maximum Gasteiger partial charge on any atom is 0.137 e. The van der Waals surface area contributed by atoms with Crippen molar-refractivity contribution in [3.05, 3.63) is 281 Å². The number of dihydropyridines is 1. The van der Waals surface area contributed by atoms with Crippen LogP contribution in [0.2, 0.25) is 0 Å². The second-order valence-electron chi connectivity index (χ2n) is 15.6. The summed E-state index contributed by atoms with van der Waals surface area (Å²) < 4.78 is 0. The molecule has 0 bridgehead atoms. The van der Waals surface area contributed by atoms with Crippen LogP contribution < -0.4 is 5.32 Å². The zero-order chi connectivity index (χ0) is 41.0. The zero-order valence-electron chi connectivity index (χ0n) is 34.1. The van der Waals surface area contributed by atoms with Crippen LogP contribution in [-0.2, 0) is 0 Å². The maximum absolute atomic E-state index is 5.28. The van der Waals surface area contributed by atoms with Crippen molar-refractivity contribution in [2.75, 3.05) is 7.05 Å². The molecule has 0 amide bonds. The van der Waals surface area contributed by atoms with Crippen molar-refractivity contribution in [3.8, 4) is 11.1 Å². The molecule has 2 aliphatic heterocycles. The smallest absolute Gasteiger partial charge is 0.137 e. The average Bonchev–Trinajstić information content (AvgIpc) is 3.35. The number of allylic oxidation sites excluding steroid dienone is 2. The second kappa shape index (κ2) is 16.8. The van der Waals surface area contributed by atoms with Crippen molar-refractivity contribution >= 4 is 33.9 Å². The first kappa shape index (κ1) is 37.5. The summed E-state index contributed by atoms with van der Waals surface area (Å²) in [5, 5.41) is 4.10. The van der Waals surface area contributed by atoms with E-state index in [-0.39, 0.29) is 12.1 Å². The van der Waals surface area contributed by atoms with Crippen LogP contribution in [0.4, 0.5) is 0 Å². The van der Waals surface area contributed by atoms with Gasteiger partial charge in [0.15, 0.2) is 0 Å². The van der Waals surface area contributed by atoms with E-state index < -0.39 is 0 Å². The number of hydrogen-bond donors (Lipinski definition) is 1. The molecule has 2 unspecified atom stereocenters. The molecule has 8 aromatic carbocycles. The average molecular weight is 784 g/mol. The maximum atomic E-state index is 5.28. The van der Waals surface area contributed by atoms with E-state index in [1.54, 1.807) is 0 Å². The third kappa shape index (κ3) is 7.54. The van der Waals surface area contributed by atoms with E-state index in [2.05, 4.69) is 254 Å². The van der Waals surface area contributed by atoms with Crippen LogP contribution in [0.25, 0.3) is 39.2 Å². The molecule has 61 heavy (non-hydrogen) atoms. The molecule has 0 fully saturated rings. The third-order valence-electron chi connectivity index (χ3n) is 11.8. The van der Waals surface area contributed by atoms with Crippen LogP contribution >= 0.6 is 0 Å². The highest BCUT2D eigenvalue weighted by Gasteiger charge is 2.33. The number of benzene rings is 8. The lowest BCUT2D eigenvalue weighted by molar-refractivity contribution is 0.435. The summed E-state index contributed by atoms with van der Waals surface area (Å²) in [5.74, 6) is 0.958. The Morgan fingerprint density at radius 2 is 0.869 bits per heavy atom. The largest absolute Gasteiger partial charge is 0.373 e. The van der Waals surface area contributed by atoms with E-state index in [1.165, 1.54) is 33.4 Å². The van der Waals surface area contributed by atoms with Gasteiger partial charge in [-0.05, 0) is 73.4 Å². The van der Waals surface area contributed by atoms with Gasteiger partial charge in [-0.1, -0.05) is 224 Å². The van der Waals surface area contributed by atoms with Gasteiger partial charge in [0.1, 0.15) is 5.84 Å². The normalized spacial score (nSPS) is 16.4. The Balaban J connectivity index is 1.12. The fourth-order valence-corrected chi connectivity index (χ4v) is 8.84. The molecular weight excluding hydrogens is 739 g/mol. The van der Waals surface area contributed by atoms with Crippen LogP contribution in [0.1, 0.15) is 56.6 Å². The van der Waals surface area contributed by atoms with Gasteiger partial charge in [0.25, 0.3) is 0 Å². The minimum absolute atomic E-state index is 0.0460. The van der Waals surface area contributed by atoms with Gasteiger partial charge >= 0.3 is 0 Å². The summed E-state index contributed by atoms with van der Waals surface area (Å²) in [7, 11) is 2.14. The summed E-state index contributed by atoms with van der Waals surface area (Å²) in [4.78, 5) is 7.56. The van der Waals surface area contributed by atoms with Gasteiger partial charge in [0.05, 0.1) is 23.5 Å². The first-order valence-electron chi connectivity index (χ1n) is 21.0. The minimum Gasteiger partial charge on any atom is -0.373 e. The number of rotatable bonds is 9. The van der Waals surface area contributed by atoms with Crippen molar-refractivity contribution in [1.82, 2.24) is 10.2 Å². The van der Waals surface area contributed by atoms with Gasteiger partial charge < -0.3 is 10.2 Å². The van der Waals surface area contributed by atoms with Gasteiger partial charge in [-0.2, -0.15) is 0 Å². The summed E-state index contributed by atoms with van der Waals surface area (Å²) >= 11 is 0. The lowest BCUT2D eigenvalue weighted by atomic mass is 9.76. The van der Waals surface area contributed by atoms with Crippen LogP contribution in [0.5, 0.6) is 0 Å². The first-order chi connectivity index (χ1) is 30.2. The Kier molecular flexibility index (Phi) is 10.4. The number of nitrogens with one attached hydrogen (secondary N) is 1. The Hall–Kier alpha value is -7.75. The molecule has 3 heteroatoms. The molecule has 2 atom stereocenters. The number of likely N-dealkylation sites (N-methyl/N-ethyl adjacent to an activating group) is 1. The molecule has 0 spiro atoms.